The van der Waals surface area contributed by atoms with E-state index in [2.05, 4.69) is 5.32 Å². The van der Waals surface area contributed by atoms with Crippen LogP contribution in [0.15, 0.2) is 17.5 Å². The van der Waals surface area contributed by atoms with Crippen molar-refractivity contribution in [2.24, 2.45) is 0 Å². The number of carboxylic acids is 1. The first-order valence-corrected chi connectivity index (χ1v) is 8.14. The van der Waals surface area contributed by atoms with Gasteiger partial charge in [0.05, 0.1) is 0 Å². The molecule has 0 aliphatic carbocycles. The van der Waals surface area contributed by atoms with Gasteiger partial charge in [-0.1, -0.05) is 6.07 Å². The van der Waals surface area contributed by atoms with Gasteiger partial charge < -0.3 is 15.2 Å². The van der Waals surface area contributed by atoms with E-state index in [4.69, 9.17) is 9.84 Å². The molecule has 0 aliphatic rings. The predicted octanol–water partition coefficient (Wildman–Crippen LogP) is 2.96. The van der Waals surface area contributed by atoms with E-state index in [0.717, 1.165) is 5.75 Å². The van der Waals surface area contributed by atoms with Gasteiger partial charge in [-0.2, -0.15) is 11.8 Å². The van der Waals surface area contributed by atoms with E-state index in [1.165, 1.54) is 16.6 Å². The number of thiophene rings is 1. The van der Waals surface area contributed by atoms with Crippen molar-refractivity contribution in [3.8, 4) is 0 Å². The minimum Gasteiger partial charge on any atom is -0.480 e. The Hall–Kier alpha value is -1.21. The van der Waals surface area contributed by atoms with Gasteiger partial charge in [0.15, 0.2) is 0 Å². The lowest BCUT2D eigenvalue weighted by molar-refractivity contribution is -0.138. The van der Waals surface area contributed by atoms with Gasteiger partial charge in [0, 0.05) is 16.4 Å². The minimum absolute atomic E-state index is 0.298. The van der Waals surface area contributed by atoms with E-state index in [9.17, 15) is 9.59 Å². The zero-order chi connectivity index (χ0) is 15.2. The van der Waals surface area contributed by atoms with Crippen LogP contribution in [0.3, 0.4) is 0 Å². The molecule has 0 radical (unpaired) electrons. The van der Waals surface area contributed by atoms with E-state index in [1.54, 1.807) is 32.1 Å². The van der Waals surface area contributed by atoms with Crippen LogP contribution in [0.5, 0.6) is 0 Å². The number of aliphatic carboxylic acids is 1. The van der Waals surface area contributed by atoms with Gasteiger partial charge in [0.1, 0.15) is 11.6 Å². The largest absolute Gasteiger partial charge is 0.480 e. The normalized spacial score (nSPS) is 12.8. The molecule has 1 aromatic heterocycles. The van der Waals surface area contributed by atoms with Gasteiger partial charge in [0.25, 0.3) is 0 Å². The third-order valence-electron chi connectivity index (χ3n) is 2.10. The molecule has 1 atom stereocenters. The second kappa shape index (κ2) is 7.54. The number of nitrogens with one attached hydrogen (secondary N) is 1. The minimum atomic E-state index is -1.06. The number of hydrogen-bond acceptors (Lipinski definition) is 5. The summed E-state index contributed by atoms with van der Waals surface area (Å²) in [7, 11) is 0. The maximum Gasteiger partial charge on any atom is 0.408 e. The first-order chi connectivity index (χ1) is 9.28. The maximum atomic E-state index is 11.6. The Bertz CT molecular complexity index is 440. The summed E-state index contributed by atoms with van der Waals surface area (Å²) in [6, 6.07) is 3.00. The van der Waals surface area contributed by atoms with Crippen molar-refractivity contribution in [1.82, 2.24) is 5.32 Å². The Morgan fingerprint density at radius 3 is 2.70 bits per heavy atom. The highest BCUT2D eigenvalue weighted by molar-refractivity contribution is 7.98. The molecule has 1 unspecified atom stereocenters. The average molecular weight is 317 g/mol. The highest BCUT2D eigenvalue weighted by atomic mass is 32.2. The number of amides is 1. The number of thioether (sulfide) groups is 1. The molecule has 20 heavy (non-hydrogen) atoms. The molecular formula is C13H19NO4S2. The van der Waals surface area contributed by atoms with E-state index in [-0.39, 0.29) is 0 Å². The standard InChI is InChI=1S/C13H19NO4S2/c1-13(2,3)18-12(17)14-10(11(15)16)8-19-7-9-5-4-6-20-9/h4-6,10H,7-8H2,1-3H3,(H,14,17)(H,15,16). The number of rotatable bonds is 6. The van der Waals surface area contributed by atoms with Crippen molar-refractivity contribution < 1.29 is 19.4 Å². The Morgan fingerprint density at radius 1 is 1.50 bits per heavy atom. The molecule has 0 bridgehead atoms. The smallest absolute Gasteiger partial charge is 0.408 e. The monoisotopic (exact) mass is 317 g/mol. The first-order valence-electron chi connectivity index (χ1n) is 6.10. The maximum absolute atomic E-state index is 11.6. The molecule has 2 N–H and O–H groups in total. The lowest BCUT2D eigenvalue weighted by Crippen LogP contribution is -2.44. The highest BCUT2D eigenvalue weighted by Gasteiger charge is 2.23. The van der Waals surface area contributed by atoms with E-state index >= 15 is 0 Å². The number of carbonyl (C=O) groups is 2. The molecular weight excluding hydrogens is 298 g/mol. The van der Waals surface area contributed by atoms with Gasteiger partial charge in [-0.15, -0.1) is 11.3 Å². The zero-order valence-corrected chi connectivity index (χ0v) is 13.3. The molecule has 112 valence electrons. The topological polar surface area (TPSA) is 75.6 Å². The third kappa shape index (κ3) is 6.81. The molecule has 1 amide bonds. The summed E-state index contributed by atoms with van der Waals surface area (Å²) in [5.41, 5.74) is -0.642. The number of ether oxygens (including phenoxy) is 1. The predicted molar refractivity (Wildman–Crippen MR) is 81.3 cm³/mol. The summed E-state index contributed by atoms with van der Waals surface area (Å²) >= 11 is 3.09. The summed E-state index contributed by atoms with van der Waals surface area (Å²) in [6.07, 6.45) is -0.707. The summed E-state index contributed by atoms with van der Waals surface area (Å²) in [6.45, 7) is 5.19. The number of carboxylic acid groups (broad SMARTS) is 1. The van der Waals surface area contributed by atoms with Crippen molar-refractivity contribution in [1.29, 1.82) is 0 Å². The van der Waals surface area contributed by atoms with Gasteiger partial charge in [-0.3, -0.25) is 0 Å². The van der Waals surface area contributed by atoms with Crippen LogP contribution in [0.25, 0.3) is 0 Å². The molecule has 1 aromatic rings. The second-order valence-electron chi connectivity index (χ2n) is 5.13. The zero-order valence-electron chi connectivity index (χ0n) is 11.7. The lowest BCUT2D eigenvalue weighted by atomic mass is 10.2. The van der Waals surface area contributed by atoms with Crippen LogP contribution in [0.1, 0.15) is 25.6 Å². The van der Waals surface area contributed by atoms with Crippen LogP contribution in [0, 0.1) is 0 Å². The average Bonchev–Trinajstić information content (AvgIpc) is 2.77. The third-order valence-corrected chi connectivity index (χ3v) is 4.24. The Balaban J connectivity index is 2.40. The molecule has 1 rings (SSSR count). The molecule has 0 aliphatic heterocycles. The fourth-order valence-corrected chi connectivity index (χ4v) is 3.18. The van der Waals surface area contributed by atoms with Crippen molar-refractivity contribution in [2.45, 2.75) is 38.2 Å². The molecule has 5 nitrogen and oxygen atoms in total. The van der Waals surface area contributed by atoms with Gasteiger partial charge in [-0.25, -0.2) is 9.59 Å². The second-order valence-corrected chi connectivity index (χ2v) is 7.19. The Labute approximate surface area is 126 Å². The van der Waals surface area contributed by atoms with Crippen molar-refractivity contribution in [3.63, 3.8) is 0 Å². The summed E-state index contributed by atoms with van der Waals surface area (Å²) < 4.78 is 5.05. The summed E-state index contributed by atoms with van der Waals surface area (Å²) in [5, 5.41) is 13.4. The molecule has 0 fully saturated rings. The summed E-state index contributed by atoms with van der Waals surface area (Å²) in [4.78, 5) is 23.9. The van der Waals surface area contributed by atoms with Crippen molar-refractivity contribution >= 4 is 35.2 Å². The Morgan fingerprint density at radius 2 is 2.20 bits per heavy atom. The lowest BCUT2D eigenvalue weighted by Gasteiger charge is -2.21. The molecule has 1 heterocycles. The first kappa shape index (κ1) is 16.8. The van der Waals surface area contributed by atoms with E-state index in [0.29, 0.717) is 5.75 Å². The SMILES string of the molecule is CC(C)(C)OC(=O)NC(CSCc1cccs1)C(=O)O. The molecule has 0 aromatic carbocycles. The van der Waals surface area contributed by atoms with Gasteiger partial charge in [0.2, 0.25) is 0 Å². The molecule has 0 spiro atoms. The fraction of sp³-hybridized carbons (Fsp3) is 0.538. The van der Waals surface area contributed by atoms with Crippen LogP contribution in [0.2, 0.25) is 0 Å². The number of alkyl carbamates (subject to hydrolysis) is 1. The van der Waals surface area contributed by atoms with Crippen LogP contribution in [0.4, 0.5) is 4.79 Å². The van der Waals surface area contributed by atoms with Crippen molar-refractivity contribution in [2.75, 3.05) is 5.75 Å². The summed E-state index contributed by atoms with van der Waals surface area (Å²) in [5.74, 6) is -0.0289. The fourth-order valence-electron chi connectivity index (χ4n) is 1.30. The van der Waals surface area contributed by atoms with E-state index in [1.807, 2.05) is 17.5 Å². The van der Waals surface area contributed by atoms with Gasteiger partial charge in [-0.05, 0) is 32.2 Å². The number of hydrogen-bond donors (Lipinski definition) is 2. The molecule has 0 saturated heterocycles. The van der Waals surface area contributed by atoms with E-state index < -0.39 is 23.7 Å². The van der Waals surface area contributed by atoms with Crippen molar-refractivity contribution in [3.05, 3.63) is 22.4 Å². The van der Waals surface area contributed by atoms with Crippen LogP contribution in [-0.4, -0.2) is 34.6 Å². The van der Waals surface area contributed by atoms with Crippen LogP contribution < -0.4 is 5.32 Å². The molecule has 0 saturated carbocycles. The molecule has 7 heteroatoms. The number of carbonyl (C=O) groups excluding carboxylic acids is 1. The highest BCUT2D eigenvalue weighted by Crippen LogP contribution is 2.18. The van der Waals surface area contributed by atoms with Crippen LogP contribution in [-0.2, 0) is 15.3 Å². The quantitative estimate of drug-likeness (QED) is 0.843. The van der Waals surface area contributed by atoms with Crippen LogP contribution >= 0.6 is 23.1 Å². The Kier molecular flexibility index (Phi) is 6.35. The van der Waals surface area contributed by atoms with Gasteiger partial charge >= 0.3 is 12.1 Å².